The molecule has 1 atom stereocenters. The maximum Gasteiger partial charge on any atom is 0.215 e. The summed E-state index contributed by atoms with van der Waals surface area (Å²) in [5.41, 5.74) is 0. The van der Waals surface area contributed by atoms with E-state index < -0.39 is 8.03 Å². The molecule has 0 heterocycles. The largest absolute Gasteiger partial charge is 0.326 e. The molecule has 0 N–H and O–H groups in total. The summed E-state index contributed by atoms with van der Waals surface area (Å²) in [5, 5.41) is 0.588. The van der Waals surface area contributed by atoms with Gasteiger partial charge in [0.15, 0.2) is 0 Å². The van der Waals surface area contributed by atoms with Crippen molar-refractivity contribution in [1.82, 2.24) is 0 Å². The molecule has 0 aromatic heterocycles. The first-order valence-corrected chi connectivity index (χ1v) is 4.42. The van der Waals surface area contributed by atoms with Crippen LogP contribution in [0.1, 0.15) is 6.92 Å². The van der Waals surface area contributed by atoms with Crippen molar-refractivity contribution >= 4 is 19.6 Å². The van der Waals surface area contributed by atoms with Gasteiger partial charge in [-0.25, -0.2) is 0 Å². The highest BCUT2D eigenvalue weighted by Gasteiger charge is 1.96. The molecule has 0 spiro atoms. The Morgan fingerprint density at radius 2 is 2.44 bits per heavy atom. The minimum Gasteiger partial charge on any atom is -0.326 e. The van der Waals surface area contributed by atoms with Gasteiger partial charge in [-0.05, 0) is 6.92 Å². The number of halogens is 1. The third-order valence-electron chi connectivity index (χ3n) is 0.659. The number of alkyl halides is 1. The van der Waals surface area contributed by atoms with Crippen LogP contribution in [0.2, 0.25) is 0 Å². The van der Waals surface area contributed by atoms with Gasteiger partial charge < -0.3 is 4.52 Å². The zero-order chi connectivity index (χ0) is 7.28. The van der Waals surface area contributed by atoms with E-state index in [0.717, 1.165) is 0 Å². The molecule has 0 saturated heterocycles. The first-order chi connectivity index (χ1) is 4.18. The van der Waals surface area contributed by atoms with E-state index >= 15 is 0 Å². The van der Waals surface area contributed by atoms with Gasteiger partial charge in [0.25, 0.3) is 0 Å². The third kappa shape index (κ3) is 4.71. The van der Waals surface area contributed by atoms with Crippen molar-refractivity contribution in [2.45, 2.75) is 6.92 Å². The molecule has 0 aromatic carbocycles. The predicted molar refractivity (Wildman–Crippen MR) is 40.5 cm³/mol. The van der Waals surface area contributed by atoms with Crippen molar-refractivity contribution in [3.05, 3.63) is 11.9 Å². The van der Waals surface area contributed by atoms with Crippen LogP contribution >= 0.6 is 19.6 Å². The lowest BCUT2D eigenvalue weighted by Crippen LogP contribution is -1.85. The van der Waals surface area contributed by atoms with Crippen LogP contribution < -0.4 is 0 Å². The van der Waals surface area contributed by atoms with Crippen molar-refractivity contribution in [3.63, 3.8) is 0 Å². The second-order valence-corrected chi connectivity index (χ2v) is 3.70. The van der Waals surface area contributed by atoms with E-state index in [2.05, 4.69) is 6.58 Å². The molecule has 0 saturated carbocycles. The quantitative estimate of drug-likeness (QED) is 0.475. The molecular formula is C5H10ClO2P. The molecule has 4 heteroatoms. The van der Waals surface area contributed by atoms with Gasteiger partial charge in [0.05, 0.1) is 6.61 Å². The van der Waals surface area contributed by atoms with Gasteiger partial charge in [0.1, 0.15) is 0 Å². The fraction of sp³-hybridized carbons (Fsp3) is 0.600. The average Bonchev–Trinajstić information content (AvgIpc) is 1.82. The van der Waals surface area contributed by atoms with Gasteiger partial charge in [-0.1, -0.05) is 6.58 Å². The van der Waals surface area contributed by atoms with Crippen LogP contribution in [0.3, 0.4) is 0 Å². The maximum absolute atomic E-state index is 10.7. The summed E-state index contributed by atoms with van der Waals surface area (Å²) in [5.74, 6) is 0.379. The van der Waals surface area contributed by atoms with Crippen LogP contribution in [-0.2, 0) is 9.09 Å². The number of hydrogen-bond acceptors (Lipinski definition) is 2. The first kappa shape index (κ1) is 9.22. The molecule has 0 amide bonds. The van der Waals surface area contributed by atoms with E-state index in [1.54, 1.807) is 6.92 Å². The Labute approximate surface area is 60.7 Å². The first-order valence-electron chi connectivity index (χ1n) is 2.57. The van der Waals surface area contributed by atoms with Crippen LogP contribution in [0.25, 0.3) is 0 Å². The summed E-state index contributed by atoms with van der Waals surface area (Å²) >= 11 is 5.27. The van der Waals surface area contributed by atoms with E-state index in [1.165, 1.54) is 0 Å². The molecular weight excluding hydrogens is 158 g/mol. The molecule has 54 valence electrons. The highest BCUT2D eigenvalue weighted by molar-refractivity contribution is 7.44. The molecule has 2 nitrogen and oxygen atoms in total. The summed E-state index contributed by atoms with van der Waals surface area (Å²) in [6.45, 7) is 5.49. The zero-order valence-electron chi connectivity index (χ0n) is 5.32. The molecule has 0 aliphatic rings. The molecule has 0 fully saturated rings. The molecule has 0 bridgehead atoms. The Kier molecular flexibility index (Phi) is 5.16. The summed E-state index contributed by atoms with van der Waals surface area (Å²) in [4.78, 5) is 0. The zero-order valence-corrected chi connectivity index (χ0v) is 7.07. The van der Waals surface area contributed by atoms with Crippen LogP contribution in [-0.4, -0.2) is 12.5 Å². The van der Waals surface area contributed by atoms with Gasteiger partial charge in [-0.15, -0.1) is 11.6 Å². The second-order valence-electron chi connectivity index (χ2n) is 1.61. The molecule has 0 radical (unpaired) electrons. The van der Waals surface area contributed by atoms with Gasteiger partial charge in [-0.2, -0.15) is 0 Å². The molecule has 9 heavy (non-hydrogen) atoms. The predicted octanol–water partition coefficient (Wildman–Crippen LogP) is 2.25. The monoisotopic (exact) mass is 168 g/mol. The molecule has 0 aliphatic heterocycles. The minimum atomic E-state index is -2.00. The Morgan fingerprint density at radius 3 is 2.78 bits per heavy atom. The molecule has 0 rings (SSSR count). The maximum atomic E-state index is 10.7. The average molecular weight is 169 g/mol. The van der Waals surface area contributed by atoms with E-state index in [4.69, 9.17) is 16.1 Å². The van der Waals surface area contributed by atoms with E-state index in [-0.39, 0.29) is 0 Å². The van der Waals surface area contributed by atoms with Crippen LogP contribution in [0, 0.1) is 0 Å². The molecule has 0 aromatic rings. The van der Waals surface area contributed by atoms with Crippen molar-refractivity contribution in [1.29, 1.82) is 0 Å². The SMILES string of the molecule is C=C(C)[PH](=O)OCCCl. The Balaban J connectivity index is 3.39. The topological polar surface area (TPSA) is 26.3 Å². The lowest BCUT2D eigenvalue weighted by molar-refractivity contribution is 0.357. The van der Waals surface area contributed by atoms with E-state index in [0.29, 0.717) is 17.8 Å². The van der Waals surface area contributed by atoms with Gasteiger partial charge in [-0.3, -0.25) is 4.57 Å². The Hall–Kier alpha value is 0.220. The fourth-order valence-corrected chi connectivity index (χ4v) is 0.995. The number of rotatable bonds is 4. The van der Waals surface area contributed by atoms with Gasteiger partial charge in [0.2, 0.25) is 8.03 Å². The number of allylic oxidation sites excluding steroid dienone is 1. The normalized spacial score (nSPS) is 13.1. The van der Waals surface area contributed by atoms with Crippen LogP contribution in [0.15, 0.2) is 11.9 Å². The van der Waals surface area contributed by atoms with Crippen molar-refractivity contribution in [2.75, 3.05) is 12.5 Å². The standard InChI is InChI=1S/C5H10ClO2P/c1-5(2)9(7)8-4-3-6/h9H,1,3-4H2,2H3. The highest BCUT2D eigenvalue weighted by Crippen LogP contribution is 2.30. The van der Waals surface area contributed by atoms with Crippen LogP contribution in [0.4, 0.5) is 0 Å². The minimum absolute atomic E-state index is 0.339. The summed E-state index contributed by atoms with van der Waals surface area (Å²) in [6, 6.07) is 0. The number of hydrogen-bond donors (Lipinski definition) is 0. The van der Waals surface area contributed by atoms with Gasteiger partial charge in [0, 0.05) is 11.2 Å². The van der Waals surface area contributed by atoms with Crippen molar-refractivity contribution in [3.8, 4) is 0 Å². The summed E-state index contributed by atoms with van der Waals surface area (Å²) in [7, 11) is -2.00. The molecule has 0 aliphatic carbocycles. The van der Waals surface area contributed by atoms with Crippen LogP contribution in [0.5, 0.6) is 0 Å². The van der Waals surface area contributed by atoms with Crippen molar-refractivity contribution < 1.29 is 9.09 Å². The highest BCUT2D eigenvalue weighted by atomic mass is 35.5. The Bertz CT molecular complexity index is 124. The summed E-state index contributed by atoms with van der Waals surface area (Å²) in [6.07, 6.45) is 0. The Morgan fingerprint density at radius 1 is 1.89 bits per heavy atom. The summed E-state index contributed by atoms with van der Waals surface area (Å²) < 4.78 is 15.5. The van der Waals surface area contributed by atoms with E-state index in [1.807, 2.05) is 0 Å². The smallest absolute Gasteiger partial charge is 0.215 e. The second kappa shape index (κ2) is 5.04. The fourth-order valence-electron chi connectivity index (χ4n) is 0.254. The third-order valence-corrected chi connectivity index (χ3v) is 1.98. The van der Waals surface area contributed by atoms with Crippen molar-refractivity contribution in [2.24, 2.45) is 0 Å². The lowest BCUT2D eigenvalue weighted by atomic mass is 10.8. The lowest BCUT2D eigenvalue weighted by Gasteiger charge is -1.98. The molecule has 1 unspecified atom stereocenters. The van der Waals surface area contributed by atoms with E-state index in [9.17, 15) is 4.57 Å². The van der Waals surface area contributed by atoms with Gasteiger partial charge >= 0.3 is 0 Å².